The predicted octanol–water partition coefficient (Wildman–Crippen LogP) is 2.59. The molecule has 2 N–H and O–H groups in total. The molecule has 5 nitrogen and oxygen atoms in total. The van der Waals surface area contributed by atoms with E-state index in [4.69, 9.17) is 0 Å². The average molecular weight is 267 g/mol. The van der Waals surface area contributed by atoms with Crippen LogP contribution >= 0.6 is 0 Å². The molecule has 0 aromatic heterocycles. The molecule has 2 unspecified atom stereocenters. The number of halogens is 1. The number of nitrogens with zero attached hydrogens (tertiary/aromatic N) is 1. The summed E-state index contributed by atoms with van der Waals surface area (Å²) in [5.41, 5.74) is 0.617. The van der Waals surface area contributed by atoms with Crippen LogP contribution in [0.4, 0.5) is 15.8 Å². The molecule has 1 aliphatic heterocycles. The second-order valence-corrected chi connectivity index (χ2v) is 5.01. The van der Waals surface area contributed by atoms with Crippen LogP contribution in [0.5, 0.6) is 0 Å². The van der Waals surface area contributed by atoms with E-state index in [1.807, 2.05) is 6.92 Å². The van der Waals surface area contributed by atoms with Crippen molar-refractivity contribution in [3.8, 4) is 0 Å². The van der Waals surface area contributed by atoms with Crippen molar-refractivity contribution < 1.29 is 9.31 Å². The fourth-order valence-electron chi connectivity index (χ4n) is 2.42. The lowest BCUT2D eigenvalue weighted by atomic mass is 9.99. The molecule has 0 saturated carbocycles. The number of nitrogens with one attached hydrogen (secondary N) is 2. The van der Waals surface area contributed by atoms with Crippen LogP contribution in [0.25, 0.3) is 0 Å². The van der Waals surface area contributed by atoms with Gasteiger partial charge in [-0.25, -0.2) is 4.39 Å². The molecule has 1 saturated heterocycles. The minimum atomic E-state index is -0.574. The maximum absolute atomic E-state index is 13.9. The van der Waals surface area contributed by atoms with Crippen LogP contribution < -0.4 is 10.6 Å². The molecule has 1 fully saturated rings. The lowest BCUT2D eigenvalue weighted by Gasteiger charge is -2.31. The summed E-state index contributed by atoms with van der Waals surface area (Å²) in [5, 5.41) is 17.2. The summed E-state index contributed by atoms with van der Waals surface area (Å²) < 4.78 is 13.9. The zero-order valence-electron chi connectivity index (χ0n) is 11.1. The van der Waals surface area contributed by atoms with Crippen LogP contribution in [0.2, 0.25) is 0 Å². The summed E-state index contributed by atoms with van der Waals surface area (Å²) in [6.45, 7) is 4.64. The quantitative estimate of drug-likeness (QED) is 0.652. The van der Waals surface area contributed by atoms with E-state index in [0.717, 1.165) is 25.5 Å². The molecule has 0 spiro atoms. The largest absolute Gasteiger partial charge is 0.378 e. The molecular weight excluding hydrogens is 249 g/mol. The van der Waals surface area contributed by atoms with E-state index in [-0.39, 0.29) is 17.8 Å². The molecule has 0 bridgehead atoms. The Hall–Kier alpha value is -1.69. The zero-order chi connectivity index (χ0) is 14.0. The van der Waals surface area contributed by atoms with Gasteiger partial charge in [0.15, 0.2) is 5.82 Å². The molecule has 1 aromatic carbocycles. The van der Waals surface area contributed by atoms with Crippen LogP contribution in [0.1, 0.15) is 25.3 Å². The lowest BCUT2D eigenvalue weighted by Crippen LogP contribution is -2.46. The van der Waals surface area contributed by atoms with E-state index in [9.17, 15) is 14.5 Å². The SMILES string of the molecule is Cc1cc(NC2CCCNC2C)c(F)cc1[N+](=O)[O-]. The van der Waals surface area contributed by atoms with Gasteiger partial charge in [0.05, 0.1) is 16.7 Å². The predicted molar refractivity (Wildman–Crippen MR) is 71.9 cm³/mol. The van der Waals surface area contributed by atoms with Crippen LogP contribution in [-0.2, 0) is 0 Å². The van der Waals surface area contributed by atoms with Crippen molar-refractivity contribution >= 4 is 11.4 Å². The molecular formula is C13H18FN3O2. The van der Waals surface area contributed by atoms with Gasteiger partial charge in [0, 0.05) is 17.6 Å². The first kappa shape index (κ1) is 13.7. The van der Waals surface area contributed by atoms with Crippen molar-refractivity contribution in [2.45, 2.75) is 38.8 Å². The molecule has 2 atom stereocenters. The van der Waals surface area contributed by atoms with E-state index in [1.54, 1.807) is 6.92 Å². The van der Waals surface area contributed by atoms with Crippen molar-refractivity contribution in [3.05, 3.63) is 33.6 Å². The molecule has 0 amide bonds. The first-order chi connectivity index (χ1) is 8.99. The number of hydrogen-bond donors (Lipinski definition) is 2. The van der Waals surface area contributed by atoms with Crippen LogP contribution in [-0.4, -0.2) is 23.6 Å². The standard InChI is InChI=1S/C13H18FN3O2/c1-8-6-12(10(14)7-13(8)17(18)19)16-11-4-3-5-15-9(11)2/h6-7,9,11,15-16H,3-5H2,1-2H3. The van der Waals surface area contributed by atoms with Gasteiger partial charge >= 0.3 is 0 Å². The number of piperidine rings is 1. The third-order valence-corrected chi connectivity index (χ3v) is 3.58. The van der Waals surface area contributed by atoms with Crippen molar-refractivity contribution in [3.63, 3.8) is 0 Å². The number of nitro benzene ring substituents is 1. The third kappa shape index (κ3) is 3.01. The van der Waals surface area contributed by atoms with Gasteiger partial charge in [-0.3, -0.25) is 10.1 Å². The van der Waals surface area contributed by atoms with Crippen LogP contribution in [0, 0.1) is 22.9 Å². The number of benzene rings is 1. The zero-order valence-corrected chi connectivity index (χ0v) is 11.1. The smallest absolute Gasteiger partial charge is 0.275 e. The van der Waals surface area contributed by atoms with Gasteiger partial charge in [-0.15, -0.1) is 0 Å². The molecule has 104 valence electrons. The summed E-state index contributed by atoms with van der Waals surface area (Å²) in [5.74, 6) is -0.574. The van der Waals surface area contributed by atoms with E-state index in [2.05, 4.69) is 10.6 Å². The first-order valence-electron chi connectivity index (χ1n) is 6.43. The summed E-state index contributed by atoms with van der Waals surface area (Å²) in [7, 11) is 0. The fourth-order valence-corrected chi connectivity index (χ4v) is 2.42. The monoisotopic (exact) mass is 267 g/mol. The van der Waals surface area contributed by atoms with E-state index < -0.39 is 10.7 Å². The van der Waals surface area contributed by atoms with Crippen molar-refractivity contribution in [1.29, 1.82) is 0 Å². The van der Waals surface area contributed by atoms with Gasteiger partial charge in [0.1, 0.15) is 0 Å². The molecule has 0 aliphatic carbocycles. The molecule has 19 heavy (non-hydrogen) atoms. The number of nitro groups is 1. The Balaban J connectivity index is 2.21. The molecule has 1 aliphatic rings. The summed E-state index contributed by atoms with van der Waals surface area (Å²) in [4.78, 5) is 10.2. The highest BCUT2D eigenvalue weighted by molar-refractivity contribution is 5.55. The molecule has 1 aromatic rings. The Morgan fingerprint density at radius 3 is 2.89 bits per heavy atom. The van der Waals surface area contributed by atoms with E-state index in [1.165, 1.54) is 6.07 Å². The minimum Gasteiger partial charge on any atom is -0.378 e. The van der Waals surface area contributed by atoms with Gasteiger partial charge in [-0.05, 0) is 39.3 Å². The summed E-state index contributed by atoms with van der Waals surface area (Å²) in [6, 6.07) is 2.89. The van der Waals surface area contributed by atoms with E-state index >= 15 is 0 Å². The maximum atomic E-state index is 13.9. The highest BCUT2D eigenvalue weighted by Gasteiger charge is 2.23. The number of anilines is 1. The summed E-state index contributed by atoms with van der Waals surface area (Å²) >= 11 is 0. The third-order valence-electron chi connectivity index (χ3n) is 3.58. The fraction of sp³-hybridized carbons (Fsp3) is 0.538. The number of rotatable bonds is 3. The molecule has 1 heterocycles. The molecule has 2 rings (SSSR count). The lowest BCUT2D eigenvalue weighted by molar-refractivity contribution is -0.385. The normalized spacial score (nSPS) is 23.1. The molecule has 0 radical (unpaired) electrons. The van der Waals surface area contributed by atoms with Crippen LogP contribution in [0.3, 0.4) is 0 Å². The molecule has 6 heteroatoms. The number of hydrogen-bond acceptors (Lipinski definition) is 4. The van der Waals surface area contributed by atoms with Crippen molar-refractivity contribution in [2.75, 3.05) is 11.9 Å². The topological polar surface area (TPSA) is 67.2 Å². The second kappa shape index (κ2) is 5.52. The van der Waals surface area contributed by atoms with E-state index in [0.29, 0.717) is 11.3 Å². The second-order valence-electron chi connectivity index (χ2n) is 5.01. The first-order valence-corrected chi connectivity index (χ1v) is 6.43. The van der Waals surface area contributed by atoms with Gasteiger partial charge in [0.2, 0.25) is 0 Å². The van der Waals surface area contributed by atoms with Crippen molar-refractivity contribution in [1.82, 2.24) is 5.32 Å². The average Bonchev–Trinajstić information content (AvgIpc) is 2.35. The van der Waals surface area contributed by atoms with Crippen LogP contribution in [0.15, 0.2) is 12.1 Å². The Kier molecular flexibility index (Phi) is 3.99. The highest BCUT2D eigenvalue weighted by atomic mass is 19.1. The van der Waals surface area contributed by atoms with Gasteiger partial charge in [-0.2, -0.15) is 0 Å². The Labute approximate surface area is 111 Å². The Morgan fingerprint density at radius 2 is 2.26 bits per heavy atom. The highest BCUT2D eigenvalue weighted by Crippen LogP contribution is 2.27. The van der Waals surface area contributed by atoms with Gasteiger partial charge in [0.25, 0.3) is 5.69 Å². The maximum Gasteiger partial charge on any atom is 0.275 e. The van der Waals surface area contributed by atoms with Gasteiger partial charge in [-0.1, -0.05) is 0 Å². The van der Waals surface area contributed by atoms with Gasteiger partial charge < -0.3 is 10.6 Å². The Morgan fingerprint density at radius 1 is 1.53 bits per heavy atom. The minimum absolute atomic E-state index is 0.143. The van der Waals surface area contributed by atoms with Crippen molar-refractivity contribution in [2.24, 2.45) is 0 Å². The summed E-state index contributed by atoms with van der Waals surface area (Å²) in [6.07, 6.45) is 2.00. The number of aryl methyl sites for hydroxylation is 1. The Bertz CT molecular complexity index is 493.